The molecule has 92 valence electrons. The van der Waals surface area contributed by atoms with Crippen molar-refractivity contribution in [1.29, 1.82) is 0 Å². The summed E-state index contributed by atoms with van der Waals surface area (Å²) in [4.78, 5) is 0. The number of benzene rings is 1. The molecular formula is C12H11F3OS. The Hall–Kier alpha value is -1.07. The minimum Gasteiger partial charge on any atom is -0.386 e. The van der Waals surface area contributed by atoms with Gasteiger partial charge in [-0.1, -0.05) is 6.07 Å². The van der Waals surface area contributed by atoms with Crippen LogP contribution in [0.4, 0.5) is 13.2 Å². The maximum Gasteiger partial charge on any atom is 0.416 e. The quantitative estimate of drug-likeness (QED) is 0.816. The fraction of sp³-hybridized carbons (Fsp3) is 0.333. The first-order chi connectivity index (χ1) is 7.69. The van der Waals surface area contributed by atoms with Gasteiger partial charge in [0.1, 0.15) is 0 Å². The molecule has 2 rings (SSSR count). The molecule has 1 heterocycles. The third-order valence-corrected chi connectivity index (χ3v) is 3.51. The zero-order valence-corrected chi connectivity index (χ0v) is 10.1. The largest absolute Gasteiger partial charge is 0.416 e. The molecule has 2 aromatic rings. The van der Waals surface area contributed by atoms with Crippen LogP contribution in [0.25, 0.3) is 10.1 Å². The number of hydrogen-bond donors (Lipinski definition) is 1. The molecule has 1 N–H and O–H groups in total. The molecule has 1 aromatic carbocycles. The maximum absolute atomic E-state index is 12.5. The van der Waals surface area contributed by atoms with Gasteiger partial charge < -0.3 is 5.11 Å². The van der Waals surface area contributed by atoms with Crippen LogP contribution in [-0.4, -0.2) is 5.11 Å². The molecule has 0 amide bonds. The highest BCUT2D eigenvalue weighted by molar-refractivity contribution is 7.17. The summed E-state index contributed by atoms with van der Waals surface area (Å²) in [6, 6.07) is 3.58. The first kappa shape index (κ1) is 12.4. The highest BCUT2D eigenvalue weighted by atomic mass is 32.1. The number of hydrogen-bond acceptors (Lipinski definition) is 2. The number of halogens is 3. The lowest BCUT2D eigenvalue weighted by atomic mass is 9.97. The molecule has 0 spiro atoms. The summed E-state index contributed by atoms with van der Waals surface area (Å²) in [6.45, 7) is 3.23. The van der Waals surface area contributed by atoms with E-state index in [2.05, 4.69) is 0 Å². The number of alkyl halides is 3. The van der Waals surface area contributed by atoms with Gasteiger partial charge in [0.2, 0.25) is 0 Å². The fourth-order valence-corrected chi connectivity index (χ4v) is 2.84. The molecule has 0 unspecified atom stereocenters. The van der Waals surface area contributed by atoms with Gasteiger partial charge in [-0.15, -0.1) is 11.3 Å². The van der Waals surface area contributed by atoms with Crippen LogP contribution in [0.5, 0.6) is 0 Å². The van der Waals surface area contributed by atoms with Crippen molar-refractivity contribution in [2.75, 3.05) is 0 Å². The highest BCUT2D eigenvalue weighted by Gasteiger charge is 2.31. The third-order valence-electron chi connectivity index (χ3n) is 2.56. The normalized spacial score (nSPS) is 13.3. The Kier molecular flexibility index (Phi) is 2.71. The zero-order valence-electron chi connectivity index (χ0n) is 9.30. The van der Waals surface area contributed by atoms with Crippen molar-refractivity contribution in [1.82, 2.24) is 0 Å². The fourth-order valence-electron chi connectivity index (χ4n) is 1.68. The van der Waals surface area contributed by atoms with Crippen molar-refractivity contribution in [2.24, 2.45) is 0 Å². The molecule has 1 aromatic heterocycles. The second-order valence-corrected chi connectivity index (χ2v) is 5.33. The van der Waals surface area contributed by atoms with Gasteiger partial charge in [0.05, 0.1) is 11.2 Å². The maximum atomic E-state index is 12.5. The predicted molar refractivity (Wildman–Crippen MR) is 62.1 cm³/mol. The van der Waals surface area contributed by atoms with Crippen molar-refractivity contribution < 1.29 is 18.3 Å². The van der Waals surface area contributed by atoms with Crippen LogP contribution in [0, 0.1) is 0 Å². The molecule has 0 saturated heterocycles. The summed E-state index contributed by atoms with van der Waals surface area (Å²) in [5.41, 5.74) is -1.04. The van der Waals surface area contributed by atoms with Gasteiger partial charge >= 0.3 is 6.18 Å². The Bertz CT molecular complexity index is 549. The molecule has 17 heavy (non-hydrogen) atoms. The summed E-state index contributed by atoms with van der Waals surface area (Å²) in [5, 5.41) is 12.3. The second kappa shape index (κ2) is 3.71. The number of rotatable bonds is 1. The lowest BCUT2D eigenvalue weighted by molar-refractivity contribution is -0.137. The summed E-state index contributed by atoms with van der Waals surface area (Å²) >= 11 is 1.21. The highest BCUT2D eigenvalue weighted by Crippen LogP contribution is 2.37. The van der Waals surface area contributed by atoms with Crippen LogP contribution >= 0.6 is 11.3 Å². The zero-order chi connectivity index (χ0) is 12.8. The van der Waals surface area contributed by atoms with Crippen LogP contribution in [0.2, 0.25) is 0 Å². The van der Waals surface area contributed by atoms with Gasteiger partial charge in [-0.05, 0) is 36.7 Å². The van der Waals surface area contributed by atoms with Crippen molar-refractivity contribution >= 4 is 21.4 Å². The Labute approximate surface area is 101 Å². The van der Waals surface area contributed by atoms with E-state index in [1.165, 1.54) is 17.4 Å². The molecule has 0 saturated carbocycles. The van der Waals surface area contributed by atoms with E-state index in [4.69, 9.17) is 0 Å². The van der Waals surface area contributed by atoms with Crippen molar-refractivity contribution in [2.45, 2.75) is 25.6 Å². The van der Waals surface area contributed by atoms with E-state index < -0.39 is 17.3 Å². The van der Waals surface area contributed by atoms with E-state index in [-0.39, 0.29) is 0 Å². The third kappa shape index (κ3) is 2.30. The predicted octanol–water partition coefficient (Wildman–Crippen LogP) is 4.15. The first-order valence-corrected chi connectivity index (χ1v) is 5.89. The summed E-state index contributed by atoms with van der Waals surface area (Å²) in [5.74, 6) is 0. The lowest BCUT2D eigenvalue weighted by Gasteiger charge is -2.16. The number of thiophene rings is 1. The molecule has 0 aliphatic rings. The first-order valence-electron chi connectivity index (χ1n) is 5.01. The van der Waals surface area contributed by atoms with E-state index in [0.717, 1.165) is 12.1 Å². The van der Waals surface area contributed by atoms with E-state index >= 15 is 0 Å². The van der Waals surface area contributed by atoms with Crippen LogP contribution in [0.15, 0.2) is 23.6 Å². The Morgan fingerprint density at radius 3 is 2.35 bits per heavy atom. The molecule has 0 bridgehead atoms. The summed E-state index contributed by atoms with van der Waals surface area (Å²) in [6.07, 6.45) is -4.33. The van der Waals surface area contributed by atoms with Gasteiger partial charge in [-0.25, -0.2) is 0 Å². The monoisotopic (exact) mass is 260 g/mol. The average molecular weight is 260 g/mol. The topological polar surface area (TPSA) is 20.2 Å². The molecule has 0 aliphatic heterocycles. The number of aliphatic hydroxyl groups is 1. The molecule has 5 heteroatoms. The SMILES string of the molecule is CC(C)(O)c1csc2cc(C(F)(F)F)ccc12. The molecule has 0 aliphatic carbocycles. The summed E-state index contributed by atoms with van der Waals surface area (Å²) < 4.78 is 38.1. The minimum absolute atomic E-state index is 0.539. The molecule has 0 atom stereocenters. The molecule has 0 radical (unpaired) electrons. The van der Waals surface area contributed by atoms with Crippen molar-refractivity contribution in [3.8, 4) is 0 Å². The Balaban J connectivity index is 2.61. The minimum atomic E-state index is -4.33. The van der Waals surface area contributed by atoms with E-state index in [9.17, 15) is 18.3 Å². The average Bonchev–Trinajstić information content (AvgIpc) is 2.57. The van der Waals surface area contributed by atoms with Gasteiger partial charge in [-0.3, -0.25) is 0 Å². The van der Waals surface area contributed by atoms with Gasteiger partial charge in [0.25, 0.3) is 0 Å². The van der Waals surface area contributed by atoms with Crippen molar-refractivity contribution in [3.05, 3.63) is 34.7 Å². The van der Waals surface area contributed by atoms with Gasteiger partial charge in [-0.2, -0.15) is 13.2 Å². The number of fused-ring (bicyclic) bond motifs is 1. The van der Waals surface area contributed by atoms with Crippen LogP contribution in [0.1, 0.15) is 25.0 Å². The summed E-state index contributed by atoms with van der Waals surface area (Å²) in [7, 11) is 0. The smallest absolute Gasteiger partial charge is 0.386 e. The standard InChI is InChI=1S/C12H11F3OS/c1-11(2,16)9-6-17-10-5-7(12(13,14)15)3-4-8(9)10/h3-6,16H,1-2H3. The van der Waals surface area contributed by atoms with Crippen LogP contribution in [0.3, 0.4) is 0 Å². The van der Waals surface area contributed by atoms with Gasteiger partial charge in [0, 0.05) is 10.3 Å². The van der Waals surface area contributed by atoms with Crippen molar-refractivity contribution in [3.63, 3.8) is 0 Å². The van der Waals surface area contributed by atoms with E-state index in [0.29, 0.717) is 15.6 Å². The Morgan fingerprint density at radius 1 is 1.18 bits per heavy atom. The molecule has 1 nitrogen and oxygen atoms in total. The van der Waals surface area contributed by atoms with E-state index in [1.807, 2.05) is 0 Å². The molecular weight excluding hydrogens is 249 g/mol. The van der Waals surface area contributed by atoms with Crippen LogP contribution in [-0.2, 0) is 11.8 Å². The van der Waals surface area contributed by atoms with Crippen LogP contribution < -0.4 is 0 Å². The lowest BCUT2D eigenvalue weighted by Crippen LogP contribution is -2.14. The molecule has 0 fully saturated rings. The van der Waals surface area contributed by atoms with E-state index in [1.54, 1.807) is 19.2 Å². The Morgan fingerprint density at radius 2 is 1.82 bits per heavy atom. The second-order valence-electron chi connectivity index (χ2n) is 4.42. The van der Waals surface area contributed by atoms with Gasteiger partial charge in [0.15, 0.2) is 0 Å².